The van der Waals surface area contributed by atoms with Gasteiger partial charge in [-0.25, -0.2) is 8.42 Å². The summed E-state index contributed by atoms with van der Waals surface area (Å²) in [7, 11) is -0.791. The summed E-state index contributed by atoms with van der Waals surface area (Å²) in [6, 6.07) is 11.3. The minimum absolute atomic E-state index is 0.0803. The summed E-state index contributed by atoms with van der Waals surface area (Å²) >= 11 is 0. The Morgan fingerprint density at radius 1 is 1.12 bits per heavy atom. The Morgan fingerprint density at radius 3 is 2.42 bits per heavy atom. The highest BCUT2D eigenvalue weighted by atomic mass is 32.2. The van der Waals surface area contributed by atoms with Crippen molar-refractivity contribution in [1.29, 1.82) is 0 Å². The number of aliphatic hydroxyl groups is 1. The first-order valence-corrected chi connectivity index (χ1v) is 9.54. The quantitative estimate of drug-likeness (QED) is 0.824. The Morgan fingerprint density at radius 2 is 1.77 bits per heavy atom. The Labute approximate surface area is 152 Å². The van der Waals surface area contributed by atoms with Crippen LogP contribution >= 0.6 is 0 Å². The van der Waals surface area contributed by atoms with E-state index >= 15 is 0 Å². The van der Waals surface area contributed by atoms with Crippen molar-refractivity contribution in [2.45, 2.75) is 11.0 Å². The van der Waals surface area contributed by atoms with Crippen LogP contribution in [0.4, 0.5) is 0 Å². The molecule has 1 N–H and O–H groups in total. The number of hydrogen-bond acceptors (Lipinski definition) is 6. The molecule has 0 spiro atoms. The largest absolute Gasteiger partial charge is 0.497 e. The van der Waals surface area contributed by atoms with E-state index in [2.05, 4.69) is 0 Å². The Hall–Kier alpha value is -2.29. The zero-order valence-corrected chi connectivity index (χ0v) is 15.4. The van der Waals surface area contributed by atoms with Crippen LogP contribution in [0.5, 0.6) is 17.2 Å². The maximum atomic E-state index is 12.8. The van der Waals surface area contributed by atoms with Crippen molar-refractivity contribution in [2.24, 2.45) is 0 Å². The molecule has 26 heavy (non-hydrogen) atoms. The first-order chi connectivity index (χ1) is 12.4. The van der Waals surface area contributed by atoms with Crippen molar-refractivity contribution >= 4 is 10.0 Å². The van der Waals surface area contributed by atoms with Gasteiger partial charge >= 0.3 is 0 Å². The predicted molar refractivity (Wildman–Crippen MR) is 95.2 cm³/mol. The summed E-state index contributed by atoms with van der Waals surface area (Å²) in [6.45, 7) is 0.735. The number of methoxy groups -OCH3 is 1. The molecule has 0 saturated carbocycles. The monoisotopic (exact) mass is 379 g/mol. The lowest BCUT2D eigenvalue weighted by Crippen LogP contribution is -2.31. The predicted octanol–water partition coefficient (Wildman–Crippen LogP) is 1.82. The molecular formula is C18H21NO6S. The van der Waals surface area contributed by atoms with E-state index in [-0.39, 0.29) is 11.4 Å². The number of rotatable bonds is 6. The van der Waals surface area contributed by atoms with Gasteiger partial charge in [0, 0.05) is 19.7 Å². The normalized spacial score (nSPS) is 14.9. The SMILES string of the molecule is COc1ccc(C(O)CN(C)S(=O)(=O)c2ccc3c(c2)OCCO3)cc1. The fourth-order valence-corrected chi connectivity index (χ4v) is 3.83. The third-order valence-corrected chi connectivity index (χ3v) is 5.97. The lowest BCUT2D eigenvalue weighted by molar-refractivity contribution is 0.155. The van der Waals surface area contributed by atoms with Crippen molar-refractivity contribution in [3.05, 3.63) is 48.0 Å². The fraction of sp³-hybridized carbons (Fsp3) is 0.333. The molecule has 0 aromatic heterocycles. The maximum Gasteiger partial charge on any atom is 0.243 e. The van der Waals surface area contributed by atoms with Gasteiger partial charge < -0.3 is 19.3 Å². The number of likely N-dealkylation sites (N-methyl/N-ethyl adjacent to an activating group) is 1. The van der Waals surface area contributed by atoms with Crippen LogP contribution in [0.15, 0.2) is 47.4 Å². The van der Waals surface area contributed by atoms with Crippen molar-refractivity contribution in [3.8, 4) is 17.2 Å². The average molecular weight is 379 g/mol. The molecule has 0 radical (unpaired) electrons. The van der Waals surface area contributed by atoms with Crippen molar-refractivity contribution in [2.75, 3.05) is 33.9 Å². The summed E-state index contributed by atoms with van der Waals surface area (Å²) in [5, 5.41) is 10.4. The molecular weight excluding hydrogens is 358 g/mol. The Kier molecular flexibility index (Phi) is 5.36. The molecule has 0 saturated heterocycles. The van der Waals surface area contributed by atoms with Crippen LogP contribution in [0.1, 0.15) is 11.7 Å². The molecule has 1 heterocycles. The molecule has 2 aromatic carbocycles. The van der Waals surface area contributed by atoms with Gasteiger partial charge in [-0.2, -0.15) is 4.31 Å². The zero-order chi connectivity index (χ0) is 18.7. The van der Waals surface area contributed by atoms with E-state index in [0.717, 1.165) is 4.31 Å². The van der Waals surface area contributed by atoms with Gasteiger partial charge in [-0.05, 0) is 29.8 Å². The van der Waals surface area contributed by atoms with Gasteiger partial charge in [-0.3, -0.25) is 0 Å². The number of fused-ring (bicyclic) bond motifs is 1. The summed E-state index contributed by atoms with van der Waals surface area (Å²) < 4.78 is 42.6. The fourth-order valence-electron chi connectivity index (χ4n) is 2.64. The van der Waals surface area contributed by atoms with Crippen LogP contribution in [0.2, 0.25) is 0 Å². The van der Waals surface area contributed by atoms with Crippen molar-refractivity contribution < 1.29 is 27.7 Å². The number of hydrogen-bond donors (Lipinski definition) is 1. The van der Waals surface area contributed by atoms with Gasteiger partial charge in [0.1, 0.15) is 19.0 Å². The highest BCUT2D eigenvalue weighted by molar-refractivity contribution is 7.89. The average Bonchev–Trinajstić information content (AvgIpc) is 2.67. The lowest BCUT2D eigenvalue weighted by Gasteiger charge is -2.23. The van der Waals surface area contributed by atoms with Gasteiger partial charge in [-0.15, -0.1) is 0 Å². The van der Waals surface area contributed by atoms with Crippen LogP contribution in [0, 0.1) is 0 Å². The summed E-state index contributed by atoms with van der Waals surface area (Å²) in [4.78, 5) is 0.0891. The molecule has 1 unspecified atom stereocenters. The second-order valence-electron chi connectivity index (χ2n) is 5.88. The van der Waals surface area contributed by atoms with Gasteiger partial charge in [0.25, 0.3) is 0 Å². The van der Waals surface area contributed by atoms with E-state index in [1.54, 1.807) is 37.4 Å². The molecule has 8 heteroatoms. The van der Waals surface area contributed by atoms with Crippen LogP contribution in [-0.2, 0) is 10.0 Å². The number of sulfonamides is 1. The topological polar surface area (TPSA) is 85.3 Å². The first-order valence-electron chi connectivity index (χ1n) is 8.10. The molecule has 0 aliphatic carbocycles. The molecule has 1 aliphatic heterocycles. The van der Waals surface area contributed by atoms with E-state index in [1.165, 1.54) is 19.2 Å². The third kappa shape index (κ3) is 3.77. The highest BCUT2D eigenvalue weighted by Gasteiger charge is 2.25. The summed E-state index contributed by atoms with van der Waals surface area (Å²) in [6.07, 6.45) is -0.960. The molecule has 140 valence electrons. The zero-order valence-electron chi connectivity index (χ0n) is 14.6. The molecule has 0 fully saturated rings. The van der Waals surface area contributed by atoms with E-state index in [9.17, 15) is 13.5 Å². The van der Waals surface area contributed by atoms with Crippen molar-refractivity contribution in [1.82, 2.24) is 4.31 Å². The third-order valence-electron chi connectivity index (χ3n) is 4.15. The van der Waals surface area contributed by atoms with Crippen molar-refractivity contribution in [3.63, 3.8) is 0 Å². The second-order valence-corrected chi connectivity index (χ2v) is 7.92. The minimum Gasteiger partial charge on any atom is -0.497 e. The van der Waals surface area contributed by atoms with E-state index in [0.29, 0.717) is 36.0 Å². The number of benzene rings is 2. The first kappa shape index (κ1) is 18.5. The Balaban J connectivity index is 1.76. The molecule has 2 aromatic rings. The van der Waals surface area contributed by atoms with E-state index < -0.39 is 16.1 Å². The van der Waals surface area contributed by atoms with Gasteiger partial charge in [0.2, 0.25) is 10.0 Å². The Bertz CT molecular complexity index is 866. The van der Waals surface area contributed by atoms with E-state index in [4.69, 9.17) is 14.2 Å². The molecule has 1 aliphatic rings. The van der Waals surface area contributed by atoms with Crippen LogP contribution in [0.3, 0.4) is 0 Å². The minimum atomic E-state index is -3.78. The smallest absolute Gasteiger partial charge is 0.243 e. The second kappa shape index (κ2) is 7.53. The highest BCUT2D eigenvalue weighted by Crippen LogP contribution is 2.33. The van der Waals surface area contributed by atoms with Crippen LogP contribution in [-0.4, -0.2) is 51.7 Å². The number of nitrogens with zero attached hydrogens (tertiary/aromatic N) is 1. The molecule has 3 rings (SSSR count). The lowest BCUT2D eigenvalue weighted by atomic mass is 10.1. The molecule has 0 amide bonds. The van der Waals surface area contributed by atoms with Gasteiger partial charge in [0.05, 0.1) is 18.1 Å². The van der Waals surface area contributed by atoms with Gasteiger partial charge in [-0.1, -0.05) is 12.1 Å². The molecule has 0 bridgehead atoms. The van der Waals surface area contributed by atoms with Crippen LogP contribution < -0.4 is 14.2 Å². The van der Waals surface area contributed by atoms with E-state index in [1.807, 2.05) is 0 Å². The summed E-state index contributed by atoms with van der Waals surface area (Å²) in [5.41, 5.74) is 0.607. The standard InChI is InChI=1S/C18H21NO6S/c1-19(12-16(20)13-3-5-14(23-2)6-4-13)26(21,22)15-7-8-17-18(11-15)25-10-9-24-17/h3-8,11,16,20H,9-10,12H2,1-2H3. The molecule has 1 atom stereocenters. The molecule has 7 nitrogen and oxygen atoms in total. The summed E-state index contributed by atoms with van der Waals surface area (Å²) in [5.74, 6) is 1.59. The van der Waals surface area contributed by atoms with Crippen LogP contribution in [0.25, 0.3) is 0 Å². The number of aliphatic hydroxyl groups excluding tert-OH is 1. The van der Waals surface area contributed by atoms with Gasteiger partial charge in [0.15, 0.2) is 11.5 Å². The number of ether oxygens (including phenoxy) is 3. The maximum absolute atomic E-state index is 12.8.